The molecule has 0 saturated carbocycles. The summed E-state index contributed by atoms with van der Waals surface area (Å²) < 4.78 is 5.81. The average molecular weight is 459 g/mol. The highest BCUT2D eigenvalue weighted by Crippen LogP contribution is 2.25. The summed E-state index contributed by atoms with van der Waals surface area (Å²) in [7, 11) is 4.02. The molecule has 1 atom stereocenters. The van der Waals surface area contributed by atoms with Crippen molar-refractivity contribution in [2.75, 3.05) is 24.3 Å². The van der Waals surface area contributed by atoms with Crippen LogP contribution in [0.15, 0.2) is 91.3 Å². The first-order valence-corrected chi connectivity index (χ1v) is 11.4. The van der Waals surface area contributed by atoms with Gasteiger partial charge >= 0.3 is 0 Å². The minimum atomic E-state index is -0.145. The summed E-state index contributed by atoms with van der Waals surface area (Å²) in [5.41, 5.74) is 2.19. The molecule has 0 bridgehead atoms. The van der Waals surface area contributed by atoms with Crippen LogP contribution < -0.4 is 20.7 Å². The summed E-state index contributed by atoms with van der Waals surface area (Å²) >= 11 is 0. The smallest absolute Gasteiger partial charge is 0.251 e. The van der Waals surface area contributed by atoms with Crippen LogP contribution in [0.2, 0.25) is 0 Å². The van der Waals surface area contributed by atoms with E-state index in [1.807, 2.05) is 73.4 Å². The van der Waals surface area contributed by atoms with Gasteiger partial charge < -0.3 is 20.7 Å². The number of carbonyl (C=O) groups is 1. The fourth-order valence-corrected chi connectivity index (χ4v) is 2.90. The predicted molar refractivity (Wildman–Crippen MR) is 137 cm³/mol. The molecule has 33 heavy (non-hydrogen) atoms. The van der Waals surface area contributed by atoms with E-state index in [4.69, 9.17) is 4.74 Å². The van der Waals surface area contributed by atoms with Gasteiger partial charge in [-0.15, -0.1) is 9.24 Å². The largest absolute Gasteiger partial charge is 0.457 e. The Bertz CT molecular complexity index is 1170. The maximum atomic E-state index is 11.8. The summed E-state index contributed by atoms with van der Waals surface area (Å²) in [5.74, 6) is 2.63. The molecule has 168 valence electrons. The van der Waals surface area contributed by atoms with E-state index in [0.717, 1.165) is 22.9 Å². The molecule has 1 amide bonds. The highest BCUT2D eigenvalue weighted by molar-refractivity contribution is 7.15. The van der Waals surface area contributed by atoms with Gasteiger partial charge in [-0.3, -0.25) is 4.79 Å². The number of rotatable bonds is 7. The molecule has 0 radical (unpaired) electrons. The lowest BCUT2D eigenvalue weighted by Gasteiger charge is -2.10. The Morgan fingerprint density at radius 2 is 1.39 bits per heavy atom. The van der Waals surface area contributed by atoms with Gasteiger partial charge in [0.25, 0.3) is 5.91 Å². The van der Waals surface area contributed by atoms with E-state index in [0.29, 0.717) is 17.2 Å². The van der Waals surface area contributed by atoms with Gasteiger partial charge in [-0.25, -0.2) is 9.97 Å². The number of nitrogens with one attached hydrogen (secondary N) is 3. The maximum Gasteiger partial charge on any atom is 0.251 e. The number of carbonyl (C=O) groups excluding carboxylic acids is 1. The van der Waals surface area contributed by atoms with Crippen LogP contribution in [0.3, 0.4) is 0 Å². The molecule has 3 aromatic carbocycles. The van der Waals surface area contributed by atoms with Gasteiger partial charge in [-0.2, -0.15) is 0 Å². The zero-order valence-electron chi connectivity index (χ0n) is 18.4. The highest BCUT2D eigenvalue weighted by atomic mass is 31.0. The summed E-state index contributed by atoms with van der Waals surface area (Å²) in [6.45, 7) is 1.92. The average Bonchev–Trinajstić information content (AvgIpc) is 2.87. The van der Waals surface area contributed by atoms with Gasteiger partial charge in [0.2, 0.25) is 0 Å². The van der Waals surface area contributed by atoms with Crippen molar-refractivity contribution in [2.45, 2.75) is 0 Å². The molecule has 7 nitrogen and oxygen atoms in total. The van der Waals surface area contributed by atoms with Gasteiger partial charge in [0.15, 0.2) is 0 Å². The minimum absolute atomic E-state index is 0.145. The van der Waals surface area contributed by atoms with E-state index in [2.05, 4.69) is 35.2 Å². The highest BCUT2D eigenvalue weighted by Gasteiger charge is 2.05. The van der Waals surface area contributed by atoms with Crippen LogP contribution in [0, 0.1) is 0 Å². The normalized spacial score (nSPS) is 9.79. The van der Waals surface area contributed by atoms with E-state index in [1.54, 1.807) is 25.2 Å². The molecule has 0 aliphatic heterocycles. The van der Waals surface area contributed by atoms with Gasteiger partial charge in [-0.05, 0) is 54.6 Å². The number of anilines is 4. The topological polar surface area (TPSA) is 88.2 Å². The SMILES string of the molecule is CNC(=O)c1cccc(Nc2cc(Nc3ccc(Oc4ccccc4)cc3)ncn2)c1.CP. The third kappa shape index (κ3) is 7.02. The monoisotopic (exact) mass is 459 g/mol. The Balaban J connectivity index is 0.00000149. The van der Waals surface area contributed by atoms with E-state index < -0.39 is 0 Å². The van der Waals surface area contributed by atoms with Crippen molar-refractivity contribution in [3.63, 3.8) is 0 Å². The Kier molecular flexibility index (Phi) is 8.74. The van der Waals surface area contributed by atoms with Gasteiger partial charge in [0.1, 0.15) is 29.5 Å². The van der Waals surface area contributed by atoms with Gasteiger partial charge in [-0.1, -0.05) is 30.9 Å². The van der Waals surface area contributed by atoms with Gasteiger partial charge in [0, 0.05) is 30.1 Å². The molecule has 1 unspecified atom stereocenters. The van der Waals surface area contributed by atoms with E-state index in [-0.39, 0.29) is 5.91 Å². The second-order valence-corrected chi connectivity index (χ2v) is 6.64. The molecule has 1 heterocycles. The number of ether oxygens (including phenoxy) is 1. The standard InChI is InChI=1S/C24H21N5O2.CH5P/c1-25-24(30)17-6-5-7-19(14-17)29-23-15-22(26-16-27-23)28-18-10-12-21(13-11-18)31-20-8-3-2-4-9-20;1-2/h2-16H,1H3,(H,25,30)(H2,26,27,28,29);2H2,1H3. The Hall–Kier alpha value is -3.96. The number of nitrogens with zero attached hydrogens (tertiary/aromatic N) is 2. The van der Waals surface area contributed by atoms with Crippen LogP contribution in [-0.2, 0) is 0 Å². The lowest BCUT2D eigenvalue weighted by Crippen LogP contribution is -2.17. The molecule has 0 fully saturated rings. The molecule has 3 N–H and O–H groups in total. The van der Waals surface area contributed by atoms with Crippen LogP contribution in [-0.4, -0.2) is 29.6 Å². The zero-order valence-corrected chi connectivity index (χ0v) is 19.6. The Morgan fingerprint density at radius 1 is 0.758 bits per heavy atom. The molecule has 8 heteroatoms. The van der Waals surface area contributed by atoms with E-state index in [1.165, 1.54) is 6.33 Å². The summed E-state index contributed by atoms with van der Waals surface area (Å²) in [5, 5.41) is 9.06. The number of hydrogen-bond acceptors (Lipinski definition) is 6. The second-order valence-electron chi connectivity index (χ2n) is 6.64. The first kappa shape index (κ1) is 23.7. The maximum absolute atomic E-state index is 11.8. The minimum Gasteiger partial charge on any atom is -0.457 e. The number of aromatic nitrogens is 2. The molecule has 4 aromatic rings. The molecular formula is C25H26N5O2P. The lowest BCUT2D eigenvalue weighted by atomic mass is 10.2. The van der Waals surface area contributed by atoms with Crippen LogP contribution in [0.25, 0.3) is 0 Å². The summed E-state index contributed by atoms with van der Waals surface area (Å²) in [6.07, 6.45) is 1.47. The van der Waals surface area contributed by atoms with Crippen LogP contribution >= 0.6 is 9.24 Å². The fraction of sp³-hybridized carbons (Fsp3) is 0.0800. The molecular weight excluding hydrogens is 433 g/mol. The van der Waals surface area contributed by atoms with Crippen LogP contribution in [0.1, 0.15) is 10.4 Å². The third-order valence-electron chi connectivity index (χ3n) is 4.40. The van der Waals surface area contributed by atoms with Crippen molar-refractivity contribution >= 4 is 38.2 Å². The van der Waals surface area contributed by atoms with Crippen molar-refractivity contribution in [2.24, 2.45) is 0 Å². The molecule has 0 spiro atoms. The fourth-order valence-electron chi connectivity index (χ4n) is 2.90. The first-order chi connectivity index (χ1) is 16.2. The number of amides is 1. The molecule has 0 aliphatic carbocycles. The Morgan fingerprint density at radius 3 is 2.06 bits per heavy atom. The van der Waals surface area contributed by atoms with Crippen molar-refractivity contribution in [1.82, 2.24) is 15.3 Å². The third-order valence-corrected chi connectivity index (χ3v) is 4.40. The number of para-hydroxylation sites is 1. The summed E-state index contributed by atoms with van der Waals surface area (Å²) in [6, 6.07) is 26.2. The second kappa shape index (κ2) is 12.2. The quantitative estimate of drug-likeness (QED) is 0.312. The molecule has 0 aliphatic rings. The van der Waals surface area contributed by atoms with Crippen LogP contribution in [0.4, 0.5) is 23.0 Å². The molecule has 0 saturated heterocycles. The summed E-state index contributed by atoms with van der Waals surface area (Å²) in [4.78, 5) is 20.3. The predicted octanol–water partition coefficient (Wildman–Crippen LogP) is 5.61. The van der Waals surface area contributed by atoms with Crippen molar-refractivity contribution in [1.29, 1.82) is 0 Å². The number of hydrogen-bond donors (Lipinski definition) is 3. The van der Waals surface area contributed by atoms with Crippen molar-refractivity contribution < 1.29 is 9.53 Å². The van der Waals surface area contributed by atoms with E-state index >= 15 is 0 Å². The van der Waals surface area contributed by atoms with Crippen molar-refractivity contribution in [3.8, 4) is 11.5 Å². The molecule has 1 aromatic heterocycles. The van der Waals surface area contributed by atoms with Crippen molar-refractivity contribution in [3.05, 3.63) is 96.8 Å². The first-order valence-electron chi connectivity index (χ1n) is 10.3. The number of benzene rings is 3. The molecule has 4 rings (SSSR count). The van der Waals surface area contributed by atoms with E-state index in [9.17, 15) is 4.79 Å². The Labute approximate surface area is 195 Å². The zero-order chi connectivity index (χ0) is 23.5. The lowest BCUT2D eigenvalue weighted by molar-refractivity contribution is 0.0963. The van der Waals surface area contributed by atoms with Crippen LogP contribution in [0.5, 0.6) is 11.5 Å². The van der Waals surface area contributed by atoms with Gasteiger partial charge in [0.05, 0.1) is 0 Å².